The summed E-state index contributed by atoms with van der Waals surface area (Å²) in [5, 5.41) is 13.0. The average molecular weight is 463 g/mol. The van der Waals surface area contributed by atoms with Crippen LogP contribution in [0.5, 0.6) is 0 Å². The molecule has 0 unspecified atom stereocenters. The van der Waals surface area contributed by atoms with E-state index in [1.165, 1.54) is 11.3 Å². The van der Waals surface area contributed by atoms with Crippen LogP contribution in [0, 0.1) is 0 Å². The molecule has 0 amide bonds. The number of nitrogens with two attached hydrogens (primary N) is 1. The highest BCUT2D eigenvalue weighted by Crippen LogP contribution is 2.41. The quantitative estimate of drug-likeness (QED) is 0.350. The molecule has 3 heterocycles. The molecule has 8 heteroatoms. The van der Waals surface area contributed by atoms with Crippen molar-refractivity contribution in [2.45, 2.75) is 0 Å². The van der Waals surface area contributed by atoms with Gasteiger partial charge in [0.15, 0.2) is 0 Å². The Morgan fingerprint density at radius 1 is 0.794 bits per heavy atom. The van der Waals surface area contributed by atoms with Crippen LogP contribution >= 0.6 is 11.3 Å². The summed E-state index contributed by atoms with van der Waals surface area (Å²) in [5.41, 5.74) is 4.51. The minimum atomic E-state index is -0.341. The minimum Gasteiger partial charge on any atom is -0.333 e. The smallest absolute Gasteiger partial charge is 0.291 e. The van der Waals surface area contributed by atoms with Crippen LogP contribution in [0.15, 0.2) is 95.8 Å². The zero-order valence-electron chi connectivity index (χ0n) is 17.8. The molecule has 3 N–H and O–H groups in total. The monoisotopic (exact) mass is 462 g/mol. The third-order valence-electron chi connectivity index (χ3n) is 5.59. The highest BCUT2D eigenvalue weighted by molar-refractivity contribution is 7.25. The number of benzene rings is 3. The zero-order valence-corrected chi connectivity index (χ0v) is 18.7. The van der Waals surface area contributed by atoms with E-state index in [4.69, 9.17) is 10.8 Å². The number of hydrogen-bond acceptors (Lipinski definition) is 7. The largest absolute Gasteiger partial charge is 0.333 e. The lowest BCUT2D eigenvalue weighted by molar-refractivity contribution is 0.930. The van der Waals surface area contributed by atoms with Crippen LogP contribution in [0.3, 0.4) is 0 Å². The predicted octanol–water partition coefficient (Wildman–Crippen LogP) is 5.19. The van der Waals surface area contributed by atoms with Crippen LogP contribution in [0.4, 0.5) is 11.6 Å². The summed E-state index contributed by atoms with van der Waals surface area (Å²) in [6.45, 7) is 0. The standard InChI is InChI=1S/C26H18N6OS/c27-32-25(33)23-22(29-26(32)28-18-14-8-3-9-15-18)20-19(16-10-4-1-5-11-16)21(30-31-24(20)34-23)17-12-6-2-7-13-17/h1-15H,27H2,(H,28,29). The summed E-state index contributed by atoms with van der Waals surface area (Å²) in [6, 6.07) is 29.4. The first-order chi connectivity index (χ1) is 16.7. The number of thiophene rings is 1. The van der Waals surface area contributed by atoms with Crippen LogP contribution in [0.1, 0.15) is 0 Å². The first-order valence-corrected chi connectivity index (χ1v) is 11.5. The molecule has 0 radical (unpaired) electrons. The lowest BCUT2D eigenvalue weighted by atomic mass is 9.97. The van der Waals surface area contributed by atoms with Crippen molar-refractivity contribution in [3.63, 3.8) is 0 Å². The Hall–Kier alpha value is -4.56. The van der Waals surface area contributed by atoms with Gasteiger partial charge in [0.1, 0.15) is 20.7 Å². The average Bonchev–Trinajstić information content (AvgIpc) is 3.27. The van der Waals surface area contributed by atoms with E-state index in [1.807, 2.05) is 91.0 Å². The number of anilines is 2. The van der Waals surface area contributed by atoms with Gasteiger partial charge in [0.05, 0.1) is 0 Å². The molecule has 7 nitrogen and oxygen atoms in total. The van der Waals surface area contributed by atoms with Gasteiger partial charge < -0.3 is 11.2 Å². The highest BCUT2D eigenvalue weighted by Gasteiger charge is 2.22. The van der Waals surface area contributed by atoms with E-state index in [1.54, 1.807) is 0 Å². The molecule has 0 atom stereocenters. The Balaban J connectivity index is 1.70. The number of para-hydroxylation sites is 1. The van der Waals surface area contributed by atoms with Crippen molar-refractivity contribution < 1.29 is 0 Å². The molecule has 0 aliphatic carbocycles. The highest BCUT2D eigenvalue weighted by atomic mass is 32.1. The number of nitrogens with zero attached hydrogens (tertiary/aromatic N) is 4. The van der Waals surface area contributed by atoms with Crippen molar-refractivity contribution in [1.82, 2.24) is 19.9 Å². The predicted molar refractivity (Wildman–Crippen MR) is 138 cm³/mol. The molecule has 3 aromatic heterocycles. The molecule has 164 valence electrons. The first-order valence-electron chi connectivity index (χ1n) is 10.6. The Bertz CT molecular complexity index is 1700. The Labute approximate surface area is 198 Å². The molecule has 34 heavy (non-hydrogen) atoms. The summed E-state index contributed by atoms with van der Waals surface area (Å²) in [7, 11) is 0. The Morgan fingerprint density at radius 3 is 2.09 bits per heavy atom. The molecule has 0 saturated heterocycles. The molecule has 6 aromatic rings. The van der Waals surface area contributed by atoms with Gasteiger partial charge >= 0.3 is 0 Å². The van der Waals surface area contributed by atoms with E-state index >= 15 is 0 Å². The number of nitrogen functional groups attached to an aromatic ring is 1. The van der Waals surface area contributed by atoms with Gasteiger partial charge in [-0.2, -0.15) is 4.68 Å². The van der Waals surface area contributed by atoms with Crippen LogP contribution in [0.2, 0.25) is 0 Å². The van der Waals surface area contributed by atoms with Gasteiger partial charge in [0.25, 0.3) is 5.56 Å². The summed E-state index contributed by atoms with van der Waals surface area (Å²) in [5.74, 6) is 6.39. The summed E-state index contributed by atoms with van der Waals surface area (Å²) in [6.07, 6.45) is 0. The van der Waals surface area contributed by atoms with Crippen molar-refractivity contribution >= 4 is 43.4 Å². The number of aromatic nitrogens is 4. The van der Waals surface area contributed by atoms with Gasteiger partial charge in [-0.05, 0) is 17.7 Å². The van der Waals surface area contributed by atoms with E-state index in [2.05, 4.69) is 15.5 Å². The van der Waals surface area contributed by atoms with Gasteiger partial charge in [-0.25, -0.2) is 4.98 Å². The van der Waals surface area contributed by atoms with Crippen molar-refractivity contribution in [3.05, 3.63) is 101 Å². The first kappa shape index (κ1) is 20.1. The second kappa shape index (κ2) is 8.09. The van der Waals surface area contributed by atoms with Gasteiger partial charge in [-0.3, -0.25) is 4.79 Å². The maximum absolute atomic E-state index is 13.2. The fraction of sp³-hybridized carbons (Fsp3) is 0. The topological polar surface area (TPSA) is 98.7 Å². The van der Waals surface area contributed by atoms with E-state index in [0.29, 0.717) is 15.0 Å². The van der Waals surface area contributed by atoms with E-state index < -0.39 is 0 Å². The molecular formula is C26H18N6OS. The summed E-state index contributed by atoms with van der Waals surface area (Å²) in [4.78, 5) is 18.7. The molecule has 3 aromatic carbocycles. The molecule has 0 saturated carbocycles. The zero-order chi connectivity index (χ0) is 23.1. The fourth-order valence-electron chi connectivity index (χ4n) is 4.01. The Kier molecular flexibility index (Phi) is 4.78. The van der Waals surface area contributed by atoms with Gasteiger partial charge in [-0.1, -0.05) is 78.9 Å². The van der Waals surface area contributed by atoms with Crippen LogP contribution in [-0.4, -0.2) is 19.9 Å². The normalized spacial score (nSPS) is 11.2. The van der Waals surface area contributed by atoms with Gasteiger partial charge in [0, 0.05) is 22.2 Å². The van der Waals surface area contributed by atoms with Crippen LogP contribution in [-0.2, 0) is 0 Å². The number of rotatable bonds is 4. The number of nitrogens with one attached hydrogen (secondary N) is 1. The molecule has 0 aliphatic heterocycles. The van der Waals surface area contributed by atoms with Gasteiger partial charge in [-0.15, -0.1) is 21.5 Å². The second-order valence-electron chi connectivity index (χ2n) is 7.72. The summed E-state index contributed by atoms with van der Waals surface area (Å²) >= 11 is 1.25. The molecule has 0 bridgehead atoms. The van der Waals surface area contributed by atoms with Gasteiger partial charge in [0.2, 0.25) is 5.95 Å². The van der Waals surface area contributed by atoms with Crippen molar-refractivity contribution in [3.8, 4) is 22.4 Å². The minimum absolute atomic E-state index is 0.250. The maximum Gasteiger partial charge on any atom is 0.291 e. The van der Waals surface area contributed by atoms with Crippen molar-refractivity contribution in [1.29, 1.82) is 0 Å². The van der Waals surface area contributed by atoms with Crippen molar-refractivity contribution in [2.24, 2.45) is 0 Å². The molecular weight excluding hydrogens is 444 g/mol. The molecule has 6 rings (SSSR count). The molecule has 0 fully saturated rings. The van der Waals surface area contributed by atoms with E-state index in [9.17, 15) is 4.79 Å². The lowest BCUT2D eigenvalue weighted by Gasteiger charge is -2.12. The van der Waals surface area contributed by atoms with E-state index in [0.717, 1.165) is 38.1 Å². The molecule has 0 spiro atoms. The van der Waals surface area contributed by atoms with Crippen LogP contribution in [0.25, 0.3) is 42.8 Å². The second-order valence-corrected chi connectivity index (χ2v) is 8.72. The van der Waals surface area contributed by atoms with E-state index in [-0.39, 0.29) is 11.5 Å². The Morgan fingerprint density at radius 2 is 1.41 bits per heavy atom. The maximum atomic E-state index is 13.2. The fourth-order valence-corrected chi connectivity index (χ4v) is 5.02. The van der Waals surface area contributed by atoms with Crippen LogP contribution < -0.4 is 16.7 Å². The third kappa shape index (κ3) is 3.28. The number of hydrogen-bond donors (Lipinski definition) is 2. The third-order valence-corrected chi connectivity index (χ3v) is 6.64. The van der Waals surface area contributed by atoms with Crippen molar-refractivity contribution in [2.75, 3.05) is 11.2 Å². The number of fused-ring (bicyclic) bond motifs is 3. The lowest BCUT2D eigenvalue weighted by Crippen LogP contribution is -2.29. The SMILES string of the molecule is Nn1c(Nc2ccccc2)nc2c(sc3nnc(-c4ccccc4)c(-c4ccccc4)c32)c1=O. The summed E-state index contributed by atoms with van der Waals surface area (Å²) < 4.78 is 1.48. The molecule has 0 aliphatic rings.